The molecular formula is C17H26ClNO2. The Morgan fingerprint density at radius 2 is 1.81 bits per heavy atom. The third-order valence-corrected chi connectivity index (χ3v) is 5.21. The molecule has 1 aromatic rings. The minimum atomic E-state index is -0.0763. The molecule has 0 aliphatic heterocycles. The van der Waals surface area contributed by atoms with Gasteiger partial charge in [0.25, 0.3) is 0 Å². The van der Waals surface area contributed by atoms with Gasteiger partial charge in [0.05, 0.1) is 14.2 Å². The van der Waals surface area contributed by atoms with Crippen molar-refractivity contribution in [2.45, 2.75) is 45.6 Å². The highest BCUT2D eigenvalue weighted by Gasteiger charge is 2.37. The zero-order valence-electron chi connectivity index (χ0n) is 13.4. The monoisotopic (exact) mass is 311 g/mol. The first kappa shape index (κ1) is 16.4. The van der Waals surface area contributed by atoms with Crippen LogP contribution in [-0.2, 0) is 0 Å². The van der Waals surface area contributed by atoms with E-state index in [1.54, 1.807) is 20.3 Å². The number of nitrogens with two attached hydrogens (primary N) is 1. The van der Waals surface area contributed by atoms with Crippen LogP contribution in [0.15, 0.2) is 12.1 Å². The lowest BCUT2D eigenvalue weighted by molar-refractivity contribution is 0.112. The summed E-state index contributed by atoms with van der Waals surface area (Å²) >= 11 is 6.43. The maximum absolute atomic E-state index is 6.58. The summed E-state index contributed by atoms with van der Waals surface area (Å²) in [6.45, 7) is 4.62. The highest BCUT2D eigenvalue weighted by atomic mass is 35.5. The lowest BCUT2D eigenvalue weighted by atomic mass is 9.65. The number of halogens is 1. The van der Waals surface area contributed by atoms with E-state index >= 15 is 0 Å². The molecule has 2 N–H and O–H groups in total. The Labute approximate surface area is 132 Å². The molecular weight excluding hydrogens is 286 g/mol. The lowest BCUT2D eigenvalue weighted by Crippen LogP contribution is -2.36. The van der Waals surface area contributed by atoms with Crippen LogP contribution in [-0.4, -0.2) is 14.2 Å². The van der Waals surface area contributed by atoms with Gasteiger partial charge in [-0.3, -0.25) is 0 Å². The summed E-state index contributed by atoms with van der Waals surface area (Å²) in [7, 11) is 3.24. The van der Waals surface area contributed by atoms with E-state index < -0.39 is 0 Å². The quantitative estimate of drug-likeness (QED) is 0.885. The summed E-state index contributed by atoms with van der Waals surface area (Å²) in [6.07, 6.45) is 4.90. The van der Waals surface area contributed by atoms with Gasteiger partial charge in [-0.15, -0.1) is 0 Å². The summed E-state index contributed by atoms with van der Waals surface area (Å²) in [5.41, 5.74) is 7.78. The van der Waals surface area contributed by atoms with Crippen LogP contribution >= 0.6 is 11.6 Å². The molecule has 3 nitrogen and oxygen atoms in total. The summed E-state index contributed by atoms with van der Waals surface area (Å²) in [6, 6.07) is 3.65. The predicted molar refractivity (Wildman–Crippen MR) is 87.2 cm³/mol. The van der Waals surface area contributed by atoms with Gasteiger partial charge in [-0.1, -0.05) is 38.3 Å². The highest BCUT2D eigenvalue weighted by Crippen LogP contribution is 2.48. The van der Waals surface area contributed by atoms with Crippen molar-refractivity contribution in [3.63, 3.8) is 0 Å². The van der Waals surface area contributed by atoms with Gasteiger partial charge >= 0.3 is 0 Å². The van der Waals surface area contributed by atoms with Crippen LogP contribution in [0, 0.1) is 11.3 Å². The van der Waals surface area contributed by atoms with Crippen molar-refractivity contribution < 1.29 is 9.47 Å². The standard InChI is InChI=1S/C17H26ClNO2/c1-17(2)8-6-5-7-12(17)16(19)11-9-14(20-3)15(21-4)10-13(11)18/h9-10,12,16H,5-8,19H2,1-4H3. The molecule has 0 heterocycles. The second-order valence-electron chi connectivity index (χ2n) is 6.60. The van der Waals surface area contributed by atoms with Gasteiger partial charge in [0, 0.05) is 17.1 Å². The first-order chi connectivity index (χ1) is 9.90. The van der Waals surface area contributed by atoms with E-state index in [2.05, 4.69) is 13.8 Å². The summed E-state index contributed by atoms with van der Waals surface area (Å²) in [4.78, 5) is 0. The molecule has 1 aliphatic carbocycles. The molecule has 0 radical (unpaired) electrons. The smallest absolute Gasteiger partial charge is 0.162 e. The molecule has 4 heteroatoms. The van der Waals surface area contributed by atoms with Crippen molar-refractivity contribution in [1.29, 1.82) is 0 Å². The first-order valence-electron chi connectivity index (χ1n) is 7.57. The van der Waals surface area contributed by atoms with Gasteiger partial charge in [-0.25, -0.2) is 0 Å². The number of methoxy groups -OCH3 is 2. The van der Waals surface area contributed by atoms with Crippen molar-refractivity contribution in [1.82, 2.24) is 0 Å². The van der Waals surface area contributed by atoms with Gasteiger partial charge < -0.3 is 15.2 Å². The Bertz CT molecular complexity index is 502. The fraction of sp³-hybridized carbons (Fsp3) is 0.647. The molecule has 0 saturated heterocycles. The number of benzene rings is 1. The molecule has 118 valence electrons. The molecule has 0 amide bonds. The average Bonchev–Trinajstić information content (AvgIpc) is 2.45. The predicted octanol–water partition coefficient (Wildman–Crippen LogP) is 4.57. The molecule has 2 unspecified atom stereocenters. The number of hydrogen-bond donors (Lipinski definition) is 1. The Hall–Kier alpha value is -0.930. The van der Waals surface area contributed by atoms with E-state index in [1.165, 1.54) is 19.3 Å². The van der Waals surface area contributed by atoms with Gasteiger partial charge in [0.2, 0.25) is 0 Å². The van der Waals surface area contributed by atoms with Gasteiger partial charge in [-0.2, -0.15) is 0 Å². The van der Waals surface area contributed by atoms with E-state index in [9.17, 15) is 0 Å². The van der Waals surface area contributed by atoms with E-state index in [4.69, 9.17) is 26.8 Å². The number of ether oxygens (including phenoxy) is 2. The van der Waals surface area contributed by atoms with Crippen LogP contribution in [0.2, 0.25) is 5.02 Å². The van der Waals surface area contributed by atoms with Crippen LogP contribution < -0.4 is 15.2 Å². The van der Waals surface area contributed by atoms with Crippen molar-refractivity contribution in [3.8, 4) is 11.5 Å². The van der Waals surface area contributed by atoms with E-state index in [0.717, 1.165) is 12.0 Å². The maximum atomic E-state index is 6.58. The minimum Gasteiger partial charge on any atom is -0.493 e. The lowest BCUT2D eigenvalue weighted by Gasteiger charge is -2.42. The summed E-state index contributed by atoms with van der Waals surface area (Å²) < 4.78 is 10.7. The van der Waals surface area contributed by atoms with E-state index in [1.807, 2.05) is 6.07 Å². The zero-order valence-corrected chi connectivity index (χ0v) is 14.2. The largest absolute Gasteiger partial charge is 0.493 e. The normalized spacial score (nSPS) is 22.7. The van der Waals surface area contributed by atoms with Crippen molar-refractivity contribution >= 4 is 11.6 Å². The number of rotatable bonds is 4. The molecule has 1 aromatic carbocycles. The maximum Gasteiger partial charge on any atom is 0.162 e. The van der Waals surface area contributed by atoms with E-state index in [0.29, 0.717) is 22.4 Å². The third kappa shape index (κ3) is 3.29. The molecule has 0 spiro atoms. The van der Waals surface area contributed by atoms with Crippen molar-refractivity contribution in [2.75, 3.05) is 14.2 Å². The molecule has 1 aliphatic rings. The van der Waals surface area contributed by atoms with Crippen LogP contribution in [0.1, 0.15) is 51.1 Å². The van der Waals surface area contributed by atoms with Crippen LogP contribution in [0.25, 0.3) is 0 Å². The molecule has 1 fully saturated rings. The molecule has 2 atom stereocenters. The van der Waals surface area contributed by atoms with Crippen LogP contribution in [0.3, 0.4) is 0 Å². The van der Waals surface area contributed by atoms with E-state index in [-0.39, 0.29) is 11.5 Å². The molecule has 0 bridgehead atoms. The Kier molecular flexibility index (Phi) is 5.05. The number of hydrogen-bond acceptors (Lipinski definition) is 3. The fourth-order valence-corrected chi connectivity index (χ4v) is 3.81. The second kappa shape index (κ2) is 6.45. The Morgan fingerprint density at radius 1 is 1.19 bits per heavy atom. The highest BCUT2D eigenvalue weighted by molar-refractivity contribution is 6.31. The molecule has 21 heavy (non-hydrogen) atoms. The van der Waals surface area contributed by atoms with Crippen LogP contribution in [0.5, 0.6) is 11.5 Å². The van der Waals surface area contributed by atoms with Gasteiger partial charge in [-0.05, 0) is 35.8 Å². The third-order valence-electron chi connectivity index (χ3n) is 4.89. The first-order valence-corrected chi connectivity index (χ1v) is 7.95. The Morgan fingerprint density at radius 3 is 2.38 bits per heavy atom. The van der Waals surface area contributed by atoms with Crippen molar-refractivity contribution in [2.24, 2.45) is 17.1 Å². The summed E-state index contributed by atoms with van der Waals surface area (Å²) in [5.74, 6) is 1.75. The fourth-order valence-electron chi connectivity index (χ4n) is 3.53. The Balaban J connectivity index is 2.36. The second-order valence-corrected chi connectivity index (χ2v) is 7.00. The van der Waals surface area contributed by atoms with Crippen molar-refractivity contribution in [3.05, 3.63) is 22.7 Å². The summed E-state index contributed by atoms with van der Waals surface area (Å²) in [5, 5.41) is 0.654. The van der Waals surface area contributed by atoms with Gasteiger partial charge in [0.1, 0.15) is 0 Å². The topological polar surface area (TPSA) is 44.5 Å². The molecule has 0 aromatic heterocycles. The SMILES string of the molecule is COc1cc(Cl)c(C(N)C2CCCCC2(C)C)cc1OC. The molecule has 2 rings (SSSR count). The van der Waals surface area contributed by atoms with Gasteiger partial charge in [0.15, 0.2) is 11.5 Å². The zero-order chi connectivity index (χ0) is 15.6. The van der Waals surface area contributed by atoms with Crippen LogP contribution in [0.4, 0.5) is 0 Å². The minimum absolute atomic E-state index is 0.0763. The average molecular weight is 312 g/mol. The molecule has 1 saturated carbocycles.